The molecule has 0 saturated carbocycles. The third-order valence-corrected chi connectivity index (χ3v) is 3.83. The monoisotopic (exact) mass is 285 g/mol. The molecule has 0 spiro atoms. The van der Waals surface area contributed by atoms with Crippen LogP contribution in [0.3, 0.4) is 0 Å². The van der Waals surface area contributed by atoms with Gasteiger partial charge in [0.2, 0.25) is 5.28 Å². The largest absolute Gasteiger partial charge is 0.383 e. The van der Waals surface area contributed by atoms with Gasteiger partial charge in [-0.25, -0.2) is 4.98 Å². The van der Waals surface area contributed by atoms with Crippen molar-refractivity contribution in [2.75, 3.05) is 31.7 Å². The maximum Gasteiger partial charge on any atom is 0.225 e. The standard InChI is InChI=1S/C12H16ClN3OS/c1-4-16(5-6-17-3)10-9-7-8(2)18-11(9)15-12(13)14-10/h7H,4-6H2,1-3H3. The van der Waals surface area contributed by atoms with E-state index in [4.69, 9.17) is 16.3 Å². The van der Waals surface area contributed by atoms with Gasteiger partial charge in [0.1, 0.15) is 10.6 Å². The summed E-state index contributed by atoms with van der Waals surface area (Å²) in [4.78, 5) is 13.0. The number of rotatable bonds is 5. The number of halogens is 1. The van der Waals surface area contributed by atoms with Crippen LogP contribution >= 0.6 is 22.9 Å². The zero-order chi connectivity index (χ0) is 13.1. The molecule has 0 N–H and O–H groups in total. The SMILES string of the molecule is CCN(CCOC)c1nc(Cl)nc2sc(C)cc12. The molecule has 0 aliphatic heterocycles. The molecule has 6 heteroatoms. The zero-order valence-corrected chi connectivity index (χ0v) is 12.3. The predicted molar refractivity (Wildman–Crippen MR) is 76.9 cm³/mol. The van der Waals surface area contributed by atoms with Gasteiger partial charge in [-0.05, 0) is 31.5 Å². The topological polar surface area (TPSA) is 38.2 Å². The third kappa shape index (κ3) is 2.74. The minimum atomic E-state index is 0.301. The van der Waals surface area contributed by atoms with Crippen molar-refractivity contribution in [2.24, 2.45) is 0 Å². The summed E-state index contributed by atoms with van der Waals surface area (Å²) >= 11 is 7.63. The highest BCUT2D eigenvalue weighted by molar-refractivity contribution is 7.18. The Kier molecular flexibility index (Phi) is 4.37. The van der Waals surface area contributed by atoms with Crippen molar-refractivity contribution < 1.29 is 4.74 Å². The summed E-state index contributed by atoms with van der Waals surface area (Å²) in [5.74, 6) is 0.897. The van der Waals surface area contributed by atoms with Crippen molar-refractivity contribution in [1.82, 2.24) is 9.97 Å². The normalized spacial score (nSPS) is 11.1. The Bertz CT molecular complexity index is 543. The second-order valence-electron chi connectivity index (χ2n) is 3.96. The van der Waals surface area contributed by atoms with Crippen LogP contribution in [0.5, 0.6) is 0 Å². The molecule has 18 heavy (non-hydrogen) atoms. The van der Waals surface area contributed by atoms with Crippen LogP contribution < -0.4 is 4.90 Å². The summed E-state index contributed by atoms with van der Waals surface area (Å²) in [6, 6.07) is 2.11. The first-order valence-corrected chi connectivity index (χ1v) is 7.02. The first kappa shape index (κ1) is 13.5. The minimum Gasteiger partial charge on any atom is -0.383 e. The van der Waals surface area contributed by atoms with Gasteiger partial charge >= 0.3 is 0 Å². The van der Waals surface area contributed by atoms with Crippen LogP contribution in [0, 0.1) is 6.92 Å². The van der Waals surface area contributed by atoms with Gasteiger partial charge in [-0.15, -0.1) is 11.3 Å². The number of hydrogen-bond donors (Lipinski definition) is 0. The lowest BCUT2D eigenvalue weighted by Gasteiger charge is -2.22. The summed E-state index contributed by atoms with van der Waals surface area (Å²) in [7, 11) is 1.70. The fourth-order valence-electron chi connectivity index (χ4n) is 1.86. The van der Waals surface area contributed by atoms with Crippen molar-refractivity contribution in [3.05, 3.63) is 16.2 Å². The van der Waals surface area contributed by atoms with Gasteiger partial charge in [-0.3, -0.25) is 0 Å². The summed E-state index contributed by atoms with van der Waals surface area (Å²) < 4.78 is 5.13. The molecule has 0 fully saturated rings. The number of anilines is 1. The molecule has 2 aromatic rings. The van der Waals surface area contributed by atoms with E-state index in [1.54, 1.807) is 18.4 Å². The summed E-state index contributed by atoms with van der Waals surface area (Å²) in [5.41, 5.74) is 0. The number of likely N-dealkylation sites (N-methyl/N-ethyl adjacent to an activating group) is 1. The average molecular weight is 286 g/mol. The molecule has 0 radical (unpaired) electrons. The van der Waals surface area contributed by atoms with Crippen molar-refractivity contribution in [3.8, 4) is 0 Å². The van der Waals surface area contributed by atoms with Crippen LogP contribution in [0.4, 0.5) is 5.82 Å². The van der Waals surface area contributed by atoms with Crippen LogP contribution in [-0.4, -0.2) is 36.8 Å². The Balaban J connectivity index is 2.46. The highest BCUT2D eigenvalue weighted by Gasteiger charge is 2.14. The van der Waals surface area contributed by atoms with E-state index in [0.29, 0.717) is 11.9 Å². The Hall–Kier alpha value is -0.910. The Labute approximate surface area is 116 Å². The maximum absolute atomic E-state index is 5.99. The molecular weight excluding hydrogens is 270 g/mol. The van der Waals surface area contributed by atoms with Gasteiger partial charge in [-0.2, -0.15) is 4.98 Å². The van der Waals surface area contributed by atoms with E-state index in [1.807, 2.05) is 0 Å². The highest BCUT2D eigenvalue weighted by atomic mass is 35.5. The lowest BCUT2D eigenvalue weighted by Crippen LogP contribution is -2.27. The third-order valence-electron chi connectivity index (χ3n) is 2.72. The molecule has 0 aromatic carbocycles. The Morgan fingerprint density at radius 1 is 1.44 bits per heavy atom. The fraction of sp³-hybridized carbons (Fsp3) is 0.500. The van der Waals surface area contributed by atoms with E-state index < -0.39 is 0 Å². The molecule has 4 nitrogen and oxygen atoms in total. The number of aryl methyl sites for hydroxylation is 1. The number of aromatic nitrogens is 2. The van der Waals surface area contributed by atoms with Gasteiger partial charge in [-0.1, -0.05) is 0 Å². The van der Waals surface area contributed by atoms with Crippen molar-refractivity contribution >= 4 is 39.0 Å². The molecular formula is C12H16ClN3OS. The molecule has 0 unspecified atom stereocenters. The van der Waals surface area contributed by atoms with E-state index in [-0.39, 0.29) is 0 Å². The number of hydrogen-bond acceptors (Lipinski definition) is 5. The molecule has 0 saturated heterocycles. The van der Waals surface area contributed by atoms with Crippen molar-refractivity contribution in [2.45, 2.75) is 13.8 Å². The van der Waals surface area contributed by atoms with Gasteiger partial charge in [0, 0.05) is 25.1 Å². The number of thiophene rings is 1. The second-order valence-corrected chi connectivity index (χ2v) is 5.54. The molecule has 0 aliphatic carbocycles. The smallest absolute Gasteiger partial charge is 0.225 e. The predicted octanol–water partition coefficient (Wildman–Crippen LogP) is 3.13. The van der Waals surface area contributed by atoms with E-state index in [2.05, 4.69) is 34.8 Å². The lowest BCUT2D eigenvalue weighted by molar-refractivity contribution is 0.205. The molecule has 2 aromatic heterocycles. The lowest BCUT2D eigenvalue weighted by atomic mass is 10.3. The Morgan fingerprint density at radius 3 is 2.89 bits per heavy atom. The molecule has 0 bridgehead atoms. The molecule has 0 aliphatic rings. The molecule has 0 amide bonds. The number of ether oxygens (including phenoxy) is 1. The highest BCUT2D eigenvalue weighted by Crippen LogP contribution is 2.31. The van der Waals surface area contributed by atoms with Gasteiger partial charge < -0.3 is 9.64 Å². The van der Waals surface area contributed by atoms with Gasteiger partial charge in [0.25, 0.3) is 0 Å². The van der Waals surface area contributed by atoms with Crippen molar-refractivity contribution in [1.29, 1.82) is 0 Å². The summed E-state index contributed by atoms with van der Waals surface area (Å²) in [6.45, 7) is 6.48. The fourth-order valence-corrected chi connectivity index (χ4v) is 2.95. The van der Waals surface area contributed by atoms with Crippen LogP contribution in [0.15, 0.2) is 6.07 Å². The summed E-state index contributed by atoms with van der Waals surface area (Å²) in [6.07, 6.45) is 0. The first-order chi connectivity index (χ1) is 8.65. The van der Waals surface area contributed by atoms with E-state index in [0.717, 1.165) is 29.1 Å². The van der Waals surface area contributed by atoms with Gasteiger partial charge in [0.15, 0.2) is 0 Å². The average Bonchev–Trinajstić information content (AvgIpc) is 2.70. The molecule has 2 rings (SSSR count). The quantitative estimate of drug-likeness (QED) is 0.791. The molecule has 0 atom stereocenters. The van der Waals surface area contributed by atoms with E-state index in [1.165, 1.54) is 4.88 Å². The minimum absolute atomic E-state index is 0.301. The van der Waals surface area contributed by atoms with Crippen LogP contribution in [-0.2, 0) is 4.74 Å². The van der Waals surface area contributed by atoms with Crippen LogP contribution in [0.1, 0.15) is 11.8 Å². The molecule has 2 heterocycles. The molecule has 98 valence electrons. The summed E-state index contributed by atoms with van der Waals surface area (Å²) in [5, 5.41) is 1.37. The van der Waals surface area contributed by atoms with Gasteiger partial charge in [0.05, 0.1) is 12.0 Å². The number of fused-ring (bicyclic) bond motifs is 1. The van der Waals surface area contributed by atoms with Crippen molar-refractivity contribution in [3.63, 3.8) is 0 Å². The van der Waals surface area contributed by atoms with Crippen LogP contribution in [0.2, 0.25) is 5.28 Å². The first-order valence-electron chi connectivity index (χ1n) is 5.83. The van der Waals surface area contributed by atoms with E-state index >= 15 is 0 Å². The number of nitrogens with zero attached hydrogens (tertiary/aromatic N) is 3. The number of methoxy groups -OCH3 is 1. The zero-order valence-electron chi connectivity index (χ0n) is 10.7. The van der Waals surface area contributed by atoms with Crippen LogP contribution in [0.25, 0.3) is 10.2 Å². The van der Waals surface area contributed by atoms with E-state index in [9.17, 15) is 0 Å². The Morgan fingerprint density at radius 2 is 2.22 bits per heavy atom. The second kappa shape index (κ2) is 5.82. The maximum atomic E-state index is 5.99.